The lowest BCUT2D eigenvalue weighted by Crippen LogP contribution is -2.41. The van der Waals surface area contributed by atoms with Crippen molar-refractivity contribution >= 4 is 5.91 Å². The summed E-state index contributed by atoms with van der Waals surface area (Å²) in [6.45, 7) is 6.10. The topological polar surface area (TPSA) is 29.1 Å². The first-order chi connectivity index (χ1) is 5.43. The molecule has 2 aliphatic carbocycles. The van der Waals surface area contributed by atoms with Crippen molar-refractivity contribution in [3.05, 3.63) is 0 Å². The minimum atomic E-state index is -0.0598. The average Bonchev–Trinajstić information content (AvgIpc) is 2.70. The predicted octanol–water partition coefficient (Wildman–Crippen LogP) is 1.70. The Morgan fingerprint density at radius 3 is 2.33 bits per heavy atom. The van der Waals surface area contributed by atoms with Gasteiger partial charge in [0.25, 0.3) is 0 Å². The van der Waals surface area contributed by atoms with Crippen molar-refractivity contribution in [3.63, 3.8) is 0 Å². The highest BCUT2D eigenvalue weighted by Crippen LogP contribution is 2.70. The summed E-state index contributed by atoms with van der Waals surface area (Å²) in [7, 11) is 0. The number of hydrogen-bond donors (Lipinski definition) is 1. The molecule has 0 bridgehead atoms. The quantitative estimate of drug-likeness (QED) is 0.632. The third-order valence-electron chi connectivity index (χ3n) is 2.90. The molecular weight excluding hydrogens is 150 g/mol. The van der Waals surface area contributed by atoms with Gasteiger partial charge in [0.1, 0.15) is 0 Å². The minimum Gasteiger partial charge on any atom is -0.351 e. The number of nitrogens with one attached hydrogen (secondary N) is 1. The van der Waals surface area contributed by atoms with Gasteiger partial charge in [0, 0.05) is 11.5 Å². The summed E-state index contributed by atoms with van der Waals surface area (Å²) in [5.74, 6) is 0.636. The van der Waals surface area contributed by atoms with Gasteiger partial charge in [-0.25, -0.2) is 0 Å². The molecule has 2 rings (SSSR count). The first-order valence-electron chi connectivity index (χ1n) is 4.75. The maximum Gasteiger partial charge on any atom is 0.224 e. The summed E-state index contributed by atoms with van der Waals surface area (Å²) in [5, 5.41) is 3.04. The van der Waals surface area contributed by atoms with Gasteiger partial charge in [-0.1, -0.05) is 0 Å². The lowest BCUT2D eigenvalue weighted by Gasteiger charge is -2.20. The fourth-order valence-electron chi connectivity index (χ4n) is 1.89. The van der Waals surface area contributed by atoms with Crippen LogP contribution in [0, 0.1) is 11.3 Å². The van der Waals surface area contributed by atoms with Gasteiger partial charge in [-0.3, -0.25) is 4.79 Å². The lowest BCUT2D eigenvalue weighted by molar-refractivity contribution is -0.124. The molecule has 0 radical (unpaired) electrons. The van der Waals surface area contributed by atoms with Gasteiger partial charge in [-0.15, -0.1) is 0 Å². The van der Waals surface area contributed by atoms with E-state index in [1.807, 2.05) is 20.8 Å². The van der Waals surface area contributed by atoms with Crippen LogP contribution in [0.2, 0.25) is 0 Å². The van der Waals surface area contributed by atoms with Crippen LogP contribution >= 0.6 is 0 Å². The van der Waals surface area contributed by atoms with Crippen molar-refractivity contribution < 1.29 is 4.79 Å². The third kappa shape index (κ3) is 1.35. The van der Waals surface area contributed by atoms with Gasteiger partial charge < -0.3 is 5.32 Å². The second-order valence-electron chi connectivity index (χ2n) is 5.36. The Labute approximate surface area is 73.7 Å². The Morgan fingerprint density at radius 2 is 2.00 bits per heavy atom. The second-order valence-corrected chi connectivity index (χ2v) is 5.36. The fourth-order valence-corrected chi connectivity index (χ4v) is 1.89. The number of carbonyl (C=O) groups is 1. The monoisotopic (exact) mass is 167 g/mol. The molecule has 2 nitrogen and oxygen atoms in total. The van der Waals surface area contributed by atoms with E-state index in [0.29, 0.717) is 11.3 Å². The largest absolute Gasteiger partial charge is 0.351 e. The third-order valence-corrected chi connectivity index (χ3v) is 2.90. The average molecular weight is 167 g/mol. The van der Waals surface area contributed by atoms with Crippen LogP contribution in [0.5, 0.6) is 0 Å². The van der Waals surface area contributed by atoms with Crippen molar-refractivity contribution in [1.29, 1.82) is 0 Å². The molecule has 2 fully saturated rings. The Balaban J connectivity index is 1.86. The number of amides is 1. The van der Waals surface area contributed by atoms with E-state index in [2.05, 4.69) is 5.32 Å². The first-order valence-corrected chi connectivity index (χ1v) is 4.75. The van der Waals surface area contributed by atoms with Crippen molar-refractivity contribution in [2.24, 2.45) is 11.3 Å². The molecule has 0 saturated heterocycles. The molecule has 1 atom stereocenters. The molecule has 0 unspecified atom stereocenters. The summed E-state index contributed by atoms with van der Waals surface area (Å²) < 4.78 is 0. The molecule has 0 aromatic carbocycles. The van der Waals surface area contributed by atoms with Crippen LogP contribution in [0.25, 0.3) is 0 Å². The fraction of sp³-hybridized carbons (Fsp3) is 0.900. The minimum absolute atomic E-state index is 0.0598. The maximum atomic E-state index is 11.6. The van der Waals surface area contributed by atoms with Crippen molar-refractivity contribution in [1.82, 2.24) is 5.32 Å². The molecule has 2 aliphatic rings. The van der Waals surface area contributed by atoms with Gasteiger partial charge in [0.15, 0.2) is 0 Å². The Hall–Kier alpha value is -0.530. The van der Waals surface area contributed by atoms with E-state index >= 15 is 0 Å². The van der Waals surface area contributed by atoms with E-state index in [0.717, 1.165) is 6.42 Å². The zero-order valence-corrected chi connectivity index (χ0v) is 8.11. The van der Waals surface area contributed by atoms with Crippen LogP contribution < -0.4 is 5.32 Å². The Morgan fingerprint density at radius 1 is 1.42 bits per heavy atom. The zero-order valence-electron chi connectivity index (χ0n) is 8.11. The summed E-state index contributed by atoms with van der Waals surface area (Å²) in [5.41, 5.74) is 0.436. The van der Waals surface area contributed by atoms with Crippen LogP contribution in [0.4, 0.5) is 0 Å². The second kappa shape index (κ2) is 2.04. The molecular formula is C10H17NO. The van der Waals surface area contributed by atoms with Gasteiger partial charge in [0.2, 0.25) is 5.91 Å². The van der Waals surface area contributed by atoms with Gasteiger partial charge >= 0.3 is 0 Å². The molecule has 0 aromatic rings. The maximum absolute atomic E-state index is 11.6. The van der Waals surface area contributed by atoms with Crippen LogP contribution in [0.15, 0.2) is 0 Å². The molecule has 2 heteroatoms. The summed E-state index contributed by atoms with van der Waals surface area (Å²) in [6, 6.07) is 0. The lowest BCUT2D eigenvalue weighted by atomic mass is 10.1. The van der Waals surface area contributed by atoms with Gasteiger partial charge in [-0.05, 0) is 45.4 Å². The summed E-state index contributed by atoms with van der Waals surface area (Å²) in [4.78, 5) is 11.6. The Bertz CT molecular complexity index is 222. The Kier molecular flexibility index (Phi) is 1.37. The van der Waals surface area contributed by atoms with Crippen LogP contribution in [0.1, 0.15) is 40.0 Å². The molecule has 0 aliphatic heterocycles. The SMILES string of the molecule is CC(C)(C)NC(=O)[C@@H]1CC12CC2. The van der Waals surface area contributed by atoms with E-state index in [-0.39, 0.29) is 11.4 Å². The molecule has 1 amide bonds. The molecule has 0 heterocycles. The highest BCUT2D eigenvalue weighted by molar-refractivity contribution is 5.83. The smallest absolute Gasteiger partial charge is 0.224 e. The van der Waals surface area contributed by atoms with E-state index in [1.54, 1.807) is 0 Å². The zero-order chi connectivity index (χ0) is 8.98. The van der Waals surface area contributed by atoms with Crippen LogP contribution in [0.3, 0.4) is 0 Å². The molecule has 0 aromatic heterocycles. The molecule has 1 N–H and O–H groups in total. The van der Waals surface area contributed by atoms with E-state index in [1.165, 1.54) is 12.8 Å². The predicted molar refractivity (Wildman–Crippen MR) is 47.7 cm³/mol. The van der Waals surface area contributed by atoms with E-state index in [4.69, 9.17) is 0 Å². The molecule has 68 valence electrons. The number of carbonyl (C=O) groups excluding carboxylic acids is 1. The van der Waals surface area contributed by atoms with Gasteiger partial charge in [0.05, 0.1) is 0 Å². The van der Waals surface area contributed by atoms with E-state index in [9.17, 15) is 4.79 Å². The van der Waals surface area contributed by atoms with Gasteiger partial charge in [-0.2, -0.15) is 0 Å². The first kappa shape index (κ1) is 8.09. The number of rotatable bonds is 1. The van der Waals surface area contributed by atoms with Crippen LogP contribution in [-0.4, -0.2) is 11.4 Å². The highest BCUT2D eigenvalue weighted by Gasteiger charge is 2.65. The van der Waals surface area contributed by atoms with Crippen molar-refractivity contribution in [3.8, 4) is 0 Å². The van der Waals surface area contributed by atoms with E-state index < -0.39 is 0 Å². The summed E-state index contributed by atoms with van der Waals surface area (Å²) in [6.07, 6.45) is 3.72. The van der Waals surface area contributed by atoms with Crippen LogP contribution in [-0.2, 0) is 4.79 Å². The number of hydrogen-bond acceptors (Lipinski definition) is 1. The summed E-state index contributed by atoms with van der Waals surface area (Å²) >= 11 is 0. The highest BCUT2D eigenvalue weighted by atomic mass is 16.2. The van der Waals surface area contributed by atoms with Crippen molar-refractivity contribution in [2.75, 3.05) is 0 Å². The normalized spacial score (nSPS) is 30.1. The standard InChI is InChI=1S/C10H17NO/c1-9(2,3)11-8(12)7-6-10(7)4-5-10/h7H,4-6H2,1-3H3,(H,11,12)/t7-/m0/s1. The van der Waals surface area contributed by atoms with Crippen molar-refractivity contribution in [2.45, 2.75) is 45.6 Å². The molecule has 1 spiro atoms. The molecule has 12 heavy (non-hydrogen) atoms. The molecule has 2 saturated carbocycles.